The summed E-state index contributed by atoms with van der Waals surface area (Å²) >= 11 is 0. The van der Waals surface area contributed by atoms with Crippen LogP contribution in [0.1, 0.15) is 63.9 Å². The van der Waals surface area contributed by atoms with Crippen molar-refractivity contribution in [3.8, 4) is 0 Å². The molecule has 0 aromatic heterocycles. The summed E-state index contributed by atoms with van der Waals surface area (Å²) in [7, 11) is 0. The Balaban J connectivity index is 2.07. The van der Waals surface area contributed by atoms with Gasteiger partial charge in [0.05, 0.1) is 11.6 Å². The second-order valence-corrected chi connectivity index (χ2v) is 6.35. The maximum absolute atomic E-state index is 12.9. The molecule has 4 heteroatoms. The Kier molecular flexibility index (Phi) is 7.45. The average molecular weight is 338 g/mol. The maximum atomic E-state index is 12.9. The molecule has 1 atom stereocenters. The van der Waals surface area contributed by atoms with E-state index in [-0.39, 0.29) is 17.3 Å². The molecule has 0 saturated heterocycles. The van der Waals surface area contributed by atoms with Gasteiger partial charge in [0.1, 0.15) is 5.57 Å². The van der Waals surface area contributed by atoms with E-state index >= 15 is 0 Å². The first-order valence-electron chi connectivity index (χ1n) is 9.06. The van der Waals surface area contributed by atoms with Crippen LogP contribution < -0.4 is 0 Å². The van der Waals surface area contributed by atoms with Crippen LogP contribution in [0.4, 0.5) is 0 Å². The predicted molar refractivity (Wildman–Crippen MR) is 99.3 cm³/mol. The van der Waals surface area contributed by atoms with Gasteiger partial charge in [0.15, 0.2) is 5.78 Å². The van der Waals surface area contributed by atoms with Gasteiger partial charge < -0.3 is 0 Å². The van der Waals surface area contributed by atoms with Crippen LogP contribution in [0, 0.1) is 0 Å². The molecule has 1 unspecified atom stereocenters. The molecule has 1 aromatic carbocycles. The molecule has 1 aliphatic rings. The summed E-state index contributed by atoms with van der Waals surface area (Å²) in [5, 5.41) is 7.26. The fraction of sp³-hybridized carbons (Fsp3) is 0.429. The molecule has 0 fully saturated rings. The number of nitrogens with zero attached hydrogens (tertiary/aromatic N) is 2. The van der Waals surface area contributed by atoms with E-state index in [2.05, 4.69) is 29.3 Å². The summed E-state index contributed by atoms with van der Waals surface area (Å²) in [6, 6.07) is 9.61. The van der Waals surface area contributed by atoms with Crippen molar-refractivity contribution in [3.63, 3.8) is 0 Å². The monoisotopic (exact) mass is 338 g/mol. The van der Waals surface area contributed by atoms with Gasteiger partial charge in [0.2, 0.25) is 0 Å². The minimum absolute atomic E-state index is 0.130. The van der Waals surface area contributed by atoms with E-state index in [0.717, 1.165) is 12.0 Å². The van der Waals surface area contributed by atoms with Gasteiger partial charge in [-0.3, -0.25) is 9.59 Å². The van der Waals surface area contributed by atoms with Gasteiger partial charge in [-0.25, -0.2) is 0 Å². The number of allylic oxidation sites excluding steroid dienone is 3. The molecule has 1 heterocycles. The third-order valence-corrected chi connectivity index (χ3v) is 4.39. The van der Waals surface area contributed by atoms with Crippen LogP contribution in [0.25, 0.3) is 0 Å². The van der Waals surface area contributed by atoms with E-state index in [9.17, 15) is 9.59 Å². The van der Waals surface area contributed by atoms with Crippen LogP contribution in [0.15, 0.2) is 64.0 Å². The van der Waals surface area contributed by atoms with Crippen LogP contribution in [0.5, 0.6) is 0 Å². The Labute approximate surface area is 149 Å². The van der Waals surface area contributed by atoms with E-state index in [1.54, 1.807) is 6.92 Å². The number of azo groups is 1. The summed E-state index contributed by atoms with van der Waals surface area (Å²) in [5.74, 6) is -1.08. The highest BCUT2D eigenvalue weighted by molar-refractivity contribution is 6.22. The highest BCUT2D eigenvalue weighted by Gasteiger charge is 2.31. The molecular formula is C21H26N2O2. The quantitative estimate of drug-likeness (QED) is 0.320. The molecular weight excluding hydrogens is 312 g/mol. The lowest BCUT2D eigenvalue weighted by molar-refractivity contribution is -0.121. The van der Waals surface area contributed by atoms with Crippen molar-refractivity contribution in [2.75, 3.05) is 0 Å². The van der Waals surface area contributed by atoms with E-state index in [1.165, 1.54) is 25.7 Å². The van der Waals surface area contributed by atoms with Crippen molar-refractivity contribution >= 4 is 11.7 Å². The largest absolute Gasteiger partial charge is 0.300 e. The van der Waals surface area contributed by atoms with E-state index in [4.69, 9.17) is 0 Å². The minimum atomic E-state index is -0.521. The molecule has 0 aliphatic carbocycles. The van der Waals surface area contributed by atoms with Gasteiger partial charge in [-0.15, -0.1) is 5.11 Å². The molecule has 0 spiro atoms. The van der Waals surface area contributed by atoms with Crippen LogP contribution in [0.3, 0.4) is 0 Å². The fourth-order valence-electron chi connectivity index (χ4n) is 2.95. The Morgan fingerprint density at radius 3 is 2.48 bits per heavy atom. The lowest BCUT2D eigenvalue weighted by atomic mass is 9.87. The SMILES string of the molecule is CCCCCCC=CCC(C(=O)C1=C(C)N=NC1=O)c1ccccc1. The van der Waals surface area contributed by atoms with Crippen molar-refractivity contribution in [2.24, 2.45) is 10.2 Å². The highest BCUT2D eigenvalue weighted by Crippen LogP contribution is 2.29. The molecule has 2 rings (SSSR count). The zero-order chi connectivity index (χ0) is 18.1. The summed E-state index contributed by atoms with van der Waals surface area (Å²) in [6.45, 7) is 3.86. The van der Waals surface area contributed by atoms with Crippen molar-refractivity contribution in [1.82, 2.24) is 0 Å². The molecule has 1 aliphatic heterocycles. The van der Waals surface area contributed by atoms with Gasteiger partial charge in [-0.1, -0.05) is 68.7 Å². The van der Waals surface area contributed by atoms with E-state index in [0.29, 0.717) is 12.1 Å². The Morgan fingerprint density at radius 2 is 1.84 bits per heavy atom. The van der Waals surface area contributed by atoms with Crippen molar-refractivity contribution < 1.29 is 9.59 Å². The summed E-state index contributed by atoms with van der Waals surface area (Å²) in [5.41, 5.74) is 1.47. The number of carbonyl (C=O) groups excluding carboxylic acids is 2. The molecule has 0 saturated carbocycles. The first kappa shape index (κ1) is 19.0. The Morgan fingerprint density at radius 1 is 1.08 bits per heavy atom. The van der Waals surface area contributed by atoms with Gasteiger partial charge in [0, 0.05) is 0 Å². The zero-order valence-corrected chi connectivity index (χ0v) is 15.1. The number of carbonyl (C=O) groups is 2. The molecule has 0 bridgehead atoms. The van der Waals surface area contributed by atoms with Crippen molar-refractivity contribution in [1.29, 1.82) is 0 Å². The lowest BCUT2D eigenvalue weighted by Gasteiger charge is -2.14. The first-order chi connectivity index (χ1) is 12.1. The molecule has 1 aromatic rings. The van der Waals surface area contributed by atoms with E-state index < -0.39 is 5.91 Å². The van der Waals surface area contributed by atoms with Gasteiger partial charge >= 0.3 is 5.91 Å². The number of ketones is 1. The van der Waals surface area contributed by atoms with Gasteiger partial charge in [-0.2, -0.15) is 5.11 Å². The van der Waals surface area contributed by atoms with Crippen LogP contribution in [-0.2, 0) is 9.59 Å². The summed E-state index contributed by atoms with van der Waals surface area (Å²) < 4.78 is 0. The number of amides is 1. The maximum Gasteiger partial charge on any atom is 0.300 e. The Bertz CT molecular complexity index is 687. The number of hydrogen-bond acceptors (Lipinski definition) is 3. The number of hydrogen-bond donors (Lipinski definition) is 0. The number of unbranched alkanes of at least 4 members (excludes halogenated alkanes) is 4. The Hall–Kier alpha value is -2.36. The standard InChI is InChI=1S/C21H26N2O2/c1-3-4-5-6-7-8-12-15-18(17-13-10-9-11-14-17)20(24)19-16(2)22-23-21(19)25/h8-14,18H,3-7,15H2,1-2H3. The third kappa shape index (κ3) is 5.31. The average Bonchev–Trinajstić information content (AvgIpc) is 2.96. The molecule has 132 valence electrons. The second-order valence-electron chi connectivity index (χ2n) is 6.35. The molecule has 25 heavy (non-hydrogen) atoms. The molecule has 4 nitrogen and oxygen atoms in total. The van der Waals surface area contributed by atoms with Crippen LogP contribution >= 0.6 is 0 Å². The smallest absolute Gasteiger partial charge is 0.293 e. The van der Waals surface area contributed by atoms with Crippen molar-refractivity contribution in [2.45, 2.75) is 58.3 Å². The number of rotatable bonds is 10. The predicted octanol–water partition coefficient (Wildman–Crippen LogP) is 5.52. The van der Waals surface area contributed by atoms with Gasteiger partial charge in [-0.05, 0) is 31.7 Å². The van der Waals surface area contributed by atoms with Gasteiger partial charge in [0.25, 0.3) is 0 Å². The first-order valence-corrected chi connectivity index (χ1v) is 9.06. The topological polar surface area (TPSA) is 58.9 Å². The molecule has 0 N–H and O–H groups in total. The van der Waals surface area contributed by atoms with Crippen molar-refractivity contribution in [3.05, 3.63) is 59.3 Å². The number of Topliss-reactive ketones (excluding diaryl/α,β-unsaturated/α-hetero) is 1. The minimum Gasteiger partial charge on any atom is -0.293 e. The highest BCUT2D eigenvalue weighted by atomic mass is 16.2. The van der Waals surface area contributed by atoms with Crippen LogP contribution in [-0.4, -0.2) is 11.7 Å². The van der Waals surface area contributed by atoms with Crippen LogP contribution in [0.2, 0.25) is 0 Å². The third-order valence-electron chi connectivity index (χ3n) is 4.39. The summed E-state index contributed by atoms with van der Waals surface area (Å²) in [4.78, 5) is 24.8. The summed E-state index contributed by atoms with van der Waals surface area (Å²) in [6.07, 6.45) is 10.7. The molecule has 1 amide bonds. The number of benzene rings is 1. The zero-order valence-electron chi connectivity index (χ0n) is 15.1. The van der Waals surface area contributed by atoms with E-state index in [1.807, 2.05) is 30.3 Å². The lowest BCUT2D eigenvalue weighted by Crippen LogP contribution is -2.18. The second kappa shape index (κ2) is 9.82. The normalized spacial score (nSPS) is 15.4. The fourth-order valence-corrected chi connectivity index (χ4v) is 2.95. The molecule has 0 radical (unpaired) electrons.